The fourth-order valence-corrected chi connectivity index (χ4v) is 2.55. The van der Waals surface area contributed by atoms with Crippen molar-refractivity contribution in [2.75, 3.05) is 26.2 Å². The molecule has 4 nitrogen and oxygen atoms in total. The second kappa shape index (κ2) is 7.24. The van der Waals surface area contributed by atoms with Crippen molar-refractivity contribution in [3.8, 4) is 0 Å². The van der Waals surface area contributed by atoms with Gasteiger partial charge in [0.2, 0.25) is 5.91 Å². The summed E-state index contributed by atoms with van der Waals surface area (Å²) in [5.41, 5.74) is 0.858. The smallest absolute Gasteiger partial charge is 0.228 e. The first-order chi connectivity index (χ1) is 9.29. The van der Waals surface area contributed by atoms with Gasteiger partial charge in [-0.3, -0.25) is 9.78 Å². The molecule has 4 heteroatoms. The number of amides is 1. The Balaban J connectivity index is 1.87. The molecular weight excluding hydrogens is 238 g/mol. The van der Waals surface area contributed by atoms with Crippen LogP contribution in [-0.4, -0.2) is 42.0 Å². The molecule has 2 heterocycles. The average Bonchev–Trinajstić information content (AvgIpc) is 2.47. The molecule has 0 spiro atoms. The van der Waals surface area contributed by atoms with Crippen LogP contribution < -0.4 is 5.32 Å². The van der Waals surface area contributed by atoms with Crippen LogP contribution in [0.4, 0.5) is 0 Å². The van der Waals surface area contributed by atoms with E-state index in [1.54, 1.807) is 6.20 Å². The number of aromatic nitrogens is 1. The first-order valence-electron chi connectivity index (χ1n) is 7.18. The third-order valence-corrected chi connectivity index (χ3v) is 3.73. The molecule has 0 unspecified atom stereocenters. The van der Waals surface area contributed by atoms with Crippen molar-refractivity contribution in [1.29, 1.82) is 0 Å². The van der Waals surface area contributed by atoms with Gasteiger partial charge in [-0.2, -0.15) is 0 Å². The van der Waals surface area contributed by atoms with Gasteiger partial charge >= 0.3 is 0 Å². The molecule has 1 aromatic rings. The maximum absolute atomic E-state index is 12.3. The number of piperidine rings is 1. The topological polar surface area (TPSA) is 45.2 Å². The number of rotatable bonds is 5. The zero-order valence-corrected chi connectivity index (χ0v) is 11.6. The zero-order chi connectivity index (χ0) is 13.5. The van der Waals surface area contributed by atoms with Crippen molar-refractivity contribution in [2.45, 2.75) is 26.2 Å². The van der Waals surface area contributed by atoms with E-state index in [2.05, 4.69) is 17.2 Å². The summed E-state index contributed by atoms with van der Waals surface area (Å²) in [5, 5.41) is 3.36. The summed E-state index contributed by atoms with van der Waals surface area (Å²) in [4.78, 5) is 18.5. The number of nitrogens with zero attached hydrogens (tertiary/aromatic N) is 2. The fourth-order valence-electron chi connectivity index (χ4n) is 2.55. The molecule has 0 saturated carbocycles. The minimum Gasteiger partial charge on any atom is -0.342 e. The number of carbonyl (C=O) groups is 1. The Morgan fingerprint density at radius 3 is 2.84 bits per heavy atom. The Morgan fingerprint density at radius 2 is 2.21 bits per heavy atom. The van der Waals surface area contributed by atoms with Crippen LogP contribution in [0.25, 0.3) is 0 Å². The Morgan fingerprint density at radius 1 is 1.42 bits per heavy atom. The minimum atomic E-state index is 0.194. The van der Waals surface area contributed by atoms with Gasteiger partial charge in [0.1, 0.15) is 0 Å². The predicted molar refractivity (Wildman–Crippen MR) is 75.8 cm³/mol. The van der Waals surface area contributed by atoms with Gasteiger partial charge in [-0.05, 0) is 50.9 Å². The highest BCUT2D eigenvalue weighted by atomic mass is 16.2. The van der Waals surface area contributed by atoms with Gasteiger partial charge in [0.15, 0.2) is 0 Å². The van der Waals surface area contributed by atoms with Crippen LogP contribution in [0.3, 0.4) is 0 Å². The van der Waals surface area contributed by atoms with E-state index < -0.39 is 0 Å². The Bertz CT molecular complexity index is 388. The highest BCUT2D eigenvalue weighted by Gasteiger charge is 2.19. The fraction of sp³-hybridized carbons (Fsp3) is 0.600. The third kappa shape index (κ3) is 4.31. The highest BCUT2D eigenvalue weighted by molar-refractivity contribution is 5.78. The van der Waals surface area contributed by atoms with Gasteiger partial charge in [0.05, 0.1) is 6.42 Å². The molecule has 0 radical (unpaired) electrons. The number of carbonyl (C=O) groups excluding carboxylic acids is 1. The van der Waals surface area contributed by atoms with Gasteiger partial charge < -0.3 is 10.2 Å². The van der Waals surface area contributed by atoms with E-state index in [0.29, 0.717) is 12.3 Å². The maximum Gasteiger partial charge on any atom is 0.228 e. The molecule has 0 atom stereocenters. The van der Waals surface area contributed by atoms with Crippen LogP contribution in [0.5, 0.6) is 0 Å². The van der Waals surface area contributed by atoms with Crippen molar-refractivity contribution in [2.24, 2.45) is 5.92 Å². The number of nitrogens with one attached hydrogen (secondary N) is 1. The highest BCUT2D eigenvalue weighted by Crippen LogP contribution is 2.14. The molecule has 1 saturated heterocycles. The molecule has 104 valence electrons. The summed E-state index contributed by atoms with van der Waals surface area (Å²) in [5.74, 6) is 0.841. The van der Waals surface area contributed by atoms with Gasteiger partial charge in [-0.1, -0.05) is 6.07 Å². The van der Waals surface area contributed by atoms with Gasteiger partial charge in [-0.15, -0.1) is 0 Å². The second-order valence-electron chi connectivity index (χ2n) is 5.12. The summed E-state index contributed by atoms with van der Waals surface area (Å²) in [6, 6.07) is 5.72. The number of hydrogen-bond acceptors (Lipinski definition) is 3. The van der Waals surface area contributed by atoms with E-state index in [4.69, 9.17) is 0 Å². The summed E-state index contributed by atoms with van der Waals surface area (Å²) in [6.07, 6.45) is 4.51. The van der Waals surface area contributed by atoms with E-state index >= 15 is 0 Å². The molecule has 0 aliphatic carbocycles. The molecule has 1 fully saturated rings. The van der Waals surface area contributed by atoms with Gasteiger partial charge in [0.25, 0.3) is 0 Å². The number of likely N-dealkylation sites (N-methyl/N-ethyl adjacent to an activating group) is 1. The standard InChI is InChI=1S/C15H23N3O/c1-2-18(12-13-6-9-16-10-7-13)15(19)11-14-5-3-4-8-17-14/h3-5,8,13,16H,2,6-7,9-12H2,1H3. The zero-order valence-electron chi connectivity index (χ0n) is 11.6. The lowest BCUT2D eigenvalue weighted by atomic mass is 9.97. The van der Waals surface area contributed by atoms with Crippen molar-refractivity contribution in [3.05, 3.63) is 30.1 Å². The molecular formula is C15H23N3O. The first kappa shape index (κ1) is 14.0. The molecule has 1 aliphatic heterocycles. The molecule has 0 bridgehead atoms. The van der Waals surface area contributed by atoms with Crippen LogP contribution in [0, 0.1) is 5.92 Å². The molecule has 1 amide bonds. The Kier molecular flexibility index (Phi) is 5.33. The largest absolute Gasteiger partial charge is 0.342 e. The van der Waals surface area contributed by atoms with Crippen molar-refractivity contribution < 1.29 is 4.79 Å². The molecule has 1 aromatic heterocycles. The quantitative estimate of drug-likeness (QED) is 0.873. The molecule has 1 N–H and O–H groups in total. The van der Waals surface area contributed by atoms with Crippen molar-refractivity contribution >= 4 is 5.91 Å². The van der Waals surface area contributed by atoms with Crippen LogP contribution in [0.1, 0.15) is 25.5 Å². The van der Waals surface area contributed by atoms with E-state index in [9.17, 15) is 4.79 Å². The summed E-state index contributed by atoms with van der Waals surface area (Å²) in [6.45, 7) is 5.89. The van der Waals surface area contributed by atoms with Crippen molar-refractivity contribution in [3.63, 3.8) is 0 Å². The molecule has 0 aromatic carbocycles. The Labute approximate surface area is 115 Å². The summed E-state index contributed by atoms with van der Waals surface area (Å²) in [7, 11) is 0. The van der Waals surface area contributed by atoms with E-state index in [1.165, 1.54) is 12.8 Å². The number of pyridine rings is 1. The van der Waals surface area contributed by atoms with Gasteiger partial charge in [-0.25, -0.2) is 0 Å². The van der Waals surface area contributed by atoms with Crippen LogP contribution >= 0.6 is 0 Å². The lowest BCUT2D eigenvalue weighted by Gasteiger charge is -2.29. The Hall–Kier alpha value is -1.42. The molecule has 19 heavy (non-hydrogen) atoms. The predicted octanol–water partition coefficient (Wildman–Crippen LogP) is 1.47. The van der Waals surface area contributed by atoms with Crippen LogP contribution in [0.2, 0.25) is 0 Å². The average molecular weight is 261 g/mol. The lowest BCUT2D eigenvalue weighted by molar-refractivity contribution is -0.131. The SMILES string of the molecule is CCN(CC1CCNCC1)C(=O)Cc1ccccn1. The van der Waals surface area contributed by atoms with Gasteiger partial charge in [0, 0.05) is 25.0 Å². The first-order valence-corrected chi connectivity index (χ1v) is 7.18. The monoisotopic (exact) mass is 261 g/mol. The lowest BCUT2D eigenvalue weighted by Crippen LogP contribution is -2.40. The third-order valence-electron chi connectivity index (χ3n) is 3.73. The maximum atomic E-state index is 12.3. The van der Waals surface area contributed by atoms with Crippen LogP contribution in [-0.2, 0) is 11.2 Å². The number of hydrogen-bond donors (Lipinski definition) is 1. The normalized spacial score (nSPS) is 16.3. The summed E-state index contributed by atoms with van der Waals surface area (Å²) >= 11 is 0. The van der Waals surface area contributed by atoms with E-state index in [-0.39, 0.29) is 5.91 Å². The van der Waals surface area contributed by atoms with E-state index in [1.807, 2.05) is 23.1 Å². The van der Waals surface area contributed by atoms with Crippen LogP contribution in [0.15, 0.2) is 24.4 Å². The van der Waals surface area contributed by atoms with Crippen molar-refractivity contribution in [1.82, 2.24) is 15.2 Å². The second-order valence-corrected chi connectivity index (χ2v) is 5.12. The van der Waals surface area contributed by atoms with E-state index in [0.717, 1.165) is 31.9 Å². The molecule has 1 aliphatic rings. The minimum absolute atomic E-state index is 0.194. The summed E-state index contributed by atoms with van der Waals surface area (Å²) < 4.78 is 0. The molecule has 2 rings (SSSR count).